The molecule has 130 valence electrons. The molecule has 0 bridgehead atoms. The summed E-state index contributed by atoms with van der Waals surface area (Å²) >= 11 is 0. The van der Waals surface area contributed by atoms with E-state index < -0.39 is 6.10 Å². The number of aromatic nitrogens is 2. The summed E-state index contributed by atoms with van der Waals surface area (Å²) in [7, 11) is 0. The van der Waals surface area contributed by atoms with Gasteiger partial charge in [-0.2, -0.15) is 0 Å². The number of hydrogen-bond acceptors (Lipinski definition) is 5. The highest BCUT2D eigenvalue weighted by Crippen LogP contribution is 2.29. The molecule has 2 aliphatic rings. The molecular formula is C18H19FN4O2. The molecule has 1 aromatic carbocycles. The second-order valence-electron chi connectivity index (χ2n) is 6.41. The normalized spacial score (nSPS) is 22.2. The minimum atomic E-state index is -0.597. The number of halogens is 1. The monoisotopic (exact) mass is 342 g/mol. The summed E-state index contributed by atoms with van der Waals surface area (Å²) in [5.74, 6) is 0.803. The number of rotatable bonds is 3. The van der Waals surface area contributed by atoms with Gasteiger partial charge in [0.2, 0.25) is 5.95 Å². The summed E-state index contributed by atoms with van der Waals surface area (Å²) in [6, 6.07) is 6.15. The molecule has 1 fully saturated rings. The lowest BCUT2D eigenvalue weighted by Gasteiger charge is -2.33. The Kier molecular flexibility index (Phi) is 4.21. The Labute approximate surface area is 145 Å². The first-order valence-electron chi connectivity index (χ1n) is 8.46. The van der Waals surface area contributed by atoms with Gasteiger partial charge in [-0.3, -0.25) is 4.79 Å². The van der Waals surface area contributed by atoms with Crippen molar-refractivity contribution >= 4 is 11.9 Å². The minimum absolute atomic E-state index is 0.0223. The van der Waals surface area contributed by atoms with Gasteiger partial charge in [-0.15, -0.1) is 0 Å². The van der Waals surface area contributed by atoms with E-state index in [2.05, 4.69) is 20.2 Å². The fraction of sp³-hybridized carbons (Fsp3) is 0.389. The van der Waals surface area contributed by atoms with Crippen LogP contribution in [0.4, 0.5) is 10.3 Å². The van der Waals surface area contributed by atoms with Crippen molar-refractivity contribution in [1.82, 2.24) is 15.3 Å². The van der Waals surface area contributed by atoms with Crippen molar-refractivity contribution in [2.45, 2.75) is 31.4 Å². The van der Waals surface area contributed by atoms with Gasteiger partial charge >= 0.3 is 0 Å². The highest BCUT2D eigenvalue weighted by Gasteiger charge is 2.32. The molecule has 1 saturated heterocycles. The van der Waals surface area contributed by atoms with Crippen molar-refractivity contribution in [2.24, 2.45) is 0 Å². The first-order valence-corrected chi connectivity index (χ1v) is 8.46. The number of fused-ring (bicyclic) bond motifs is 1. The van der Waals surface area contributed by atoms with Crippen molar-refractivity contribution in [3.8, 4) is 5.75 Å². The molecule has 1 N–H and O–H groups in total. The number of piperidine rings is 1. The molecule has 0 unspecified atom stereocenters. The maximum absolute atomic E-state index is 13.3. The van der Waals surface area contributed by atoms with Crippen molar-refractivity contribution in [3.63, 3.8) is 0 Å². The van der Waals surface area contributed by atoms with Crippen LogP contribution in [0.1, 0.15) is 18.4 Å². The van der Waals surface area contributed by atoms with Crippen LogP contribution < -0.4 is 15.0 Å². The van der Waals surface area contributed by atoms with E-state index in [0.717, 1.165) is 24.9 Å². The molecule has 0 aliphatic carbocycles. The Morgan fingerprint density at radius 1 is 1.32 bits per heavy atom. The van der Waals surface area contributed by atoms with E-state index in [4.69, 9.17) is 4.74 Å². The van der Waals surface area contributed by atoms with Gasteiger partial charge < -0.3 is 15.0 Å². The molecule has 3 heterocycles. The average Bonchev–Trinajstić information content (AvgIpc) is 3.06. The van der Waals surface area contributed by atoms with E-state index in [-0.39, 0.29) is 17.8 Å². The third-order valence-electron chi connectivity index (χ3n) is 4.59. The zero-order valence-corrected chi connectivity index (χ0v) is 13.7. The molecule has 2 atom stereocenters. The predicted octanol–water partition coefficient (Wildman–Crippen LogP) is 1.70. The molecule has 4 rings (SSSR count). The molecule has 2 aliphatic heterocycles. The van der Waals surface area contributed by atoms with Crippen LogP contribution in [0.3, 0.4) is 0 Å². The van der Waals surface area contributed by atoms with E-state index in [1.54, 1.807) is 24.5 Å². The maximum atomic E-state index is 13.3. The van der Waals surface area contributed by atoms with Crippen LogP contribution in [0.15, 0.2) is 36.7 Å². The average molecular weight is 342 g/mol. The highest BCUT2D eigenvalue weighted by atomic mass is 19.1. The predicted molar refractivity (Wildman–Crippen MR) is 89.9 cm³/mol. The fourth-order valence-electron chi connectivity index (χ4n) is 3.39. The molecule has 0 radical (unpaired) electrons. The van der Waals surface area contributed by atoms with E-state index in [1.165, 1.54) is 12.1 Å². The lowest BCUT2D eigenvalue weighted by molar-refractivity contribution is -0.128. The van der Waals surface area contributed by atoms with E-state index in [9.17, 15) is 9.18 Å². The SMILES string of the molecule is O=C(N[C@@H]1CCCN(c2ncccn2)C1)[C@@H]1Cc2cc(F)ccc2O1. The third kappa shape index (κ3) is 3.40. The third-order valence-corrected chi connectivity index (χ3v) is 4.59. The number of ether oxygens (including phenoxy) is 1. The van der Waals surface area contributed by atoms with Crippen LogP contribution in [0.5, 0.6) is 5.75 Å². The summed E-state index contributed by atoms with van der Waals surface area (Å²) in [5, 5.41) is 3.06. The van der Waals surface area contributed by atoms with Crippen LogP contribution in [0.2, 0.25) is 0 Å². The molecule has 0 spiro atoms. The van der Waals surface area contributed by atoms with Crippen molar-refractivity contribution in [2.75, 3.05) is 18.0 Å². The zero-order chi connectivity index (χ0) is 17.2. The summed E-state index contributed by atoms with van der Waals surface area (Å²) in [5.41, 5.74) is 0.739. The Morgan fingerprint density at radius 2 is 2.16 bits per heavy atom. The second-order valence-corrected chi connectivity index (χ2v) is 6.41. The van der Waals surface area contributed by atoms with Gasteiger partial charge in [-0.25, -0.2) is 14.4 Å². The number of carbonyl (C=O) groups is 1. The maximum Gasteiger partial charge on any atom is 0.261 e. The number of amides is 1. The number of nitrogens with zero attached hydrogens (tertiary/aromatic N) is 3. The molecule has 2 aromatic rings. The van der Waals surface area contributed by atoms with Crippen LogP contribution in [0, 0.1) is 5.82 Å². The van der Waals surface area contributed by atoms with Gasteiger partial charge in [0.25, 0.3) is 5.91 Å². The van der Waals surface area contributed by atoms with Crippen molar-refractivity contribution < 1.29 is 13.9 Å². The molecular weight excluding hydrogens is 323 g/mol. The molecule has 6 nitrogen and oxygen atoms in total. The number of nitrogens with one attached hydrogen (secondary N) is 1. The first kappa shape index (κ1) is 15.8. The van der Waals surface area contributed by atoms with Crippen molar-refractivity contribution in [3.05, 3.63) is 48.0 Å². The van der Waals surface area contributed by atoms with E-state index in [0.29, 0.717) is 24.7 Å². The zero-order valence-electron chi connectivity index (χ0n) is 13.7. The Morgan fingerprint density at radius 3 is 3.00 bits per heavy atom. The van der Waals surface area contributed by atoms with Gasteiger partial charge in [0, 0.05) is 43.5 Å². The van der Waals surface area contributed by atoms with Crippen molar-refractivity contribution in [1.29, 1.82) is 0 Å². The van der Waals surface area contributed by atoms with E-state index >= 15 is 0 Å². The number of hydrogen-bond donors (Lipinski definition) is 1. The minimum Gasteiger partial charge on any atom is -0.480 e. The smallest absolute Gasteiger partial charge is 0.261 e. The van der Waals surface area contributed by atoms with Gasteiger partial charge in [0.05, 0.1) is 0 Å². The first-order chi connectivity index (χ1) is 12.2. The molecule has 1 amide bonds. The summed E-state index contributed by atoms with van der Waals surface area (Å²) in [6.45, 7) is 1.55. The second kappa shape index (κ2) is 6.66. The van der Waals surface area contributed by atoms with E-state index in [1.807, 2.05) is 0 Å². The van der Waals surface area contributed by atoms with Gasteiger partial charge in [-0.1, -0.05) is 0 Å². The molecule has 0 saturated carbocycles. The molecule has 7 heteroatoms. The number of anilines is 1. The standard InChI is InChI=1S/C18H19FN4O2/c19-13-4-5-15-12(9-13)10-16(25-15)17(24)22-14-3-1-8-23(11-14)18-20-6-2-7-21-18/h2,4-7,9,14,16H,1,3,8,10-11H2,(H,22,24)/t14-,16+/m1/s1. The Hall–Kier alpha value is -2.70. The van der Waals surface area contributed by atoms with Crippen LogP contribution in [0.25, 0.3) is 0 Å². The number of carbonyl (C=O) groups excluding carboxylic acids is 1. The summed E-state index contributed by atoms with van der Waals surface area (Å²) in [6.07, 6.45) is 5.10. The lowest BCUT2D eigenvalue weighted by atomic mass is 10.0. The topological polar surface area (TPSA) is 67.4 Å². The highest BCUT2D eigenvalue weighted by molar-refractivity contribution is 5.82. The largest absolute Gasteiger partial charge is 0.480 e. The number of benzene rings is 1. The van der Waals surface area contributed by atoms with Crippen LogP contribution in [-0.2, 0) is 11.2 Å². The quantitative estimate of drug-likeness (QED) is 0.920. The Bertz CT molecular complexity index is 771. The van der Waals surface area contributed by atoms with Crippen LogP contribution >= 0.6 is 0 Å². The van der Waals surface area contributed by atoms with Gasteiger partial charge in [0.15, 0.2) is 6.10 Å². The van der Waals surface area contributed by atoms with Crippen LogP contribution in [-0.4, -0.2) is 41.1 Å². The lowest BCUT2D eigenvalue weighted by Crippen LogP contribution is -2.51. The molecule has 1 aromatic heterocycles. The van der Waals surface area contributed by atoms with Gasteiger partial charge in [-0.05, 0) is 37.1 Å². The fourth-order valence-corrected chi connectivity index (χ4v) is 3.39. The molecule has 25 heavy (non-hydrogen) atoms. The summed E-state index contributed by atoms with van der Waals surface area (Å²) < 4.78 is 19.0. The Balaban J connectivity index is 1.37. The summed E-state index contributed by atoms with van der Waals surface area (Å²) in [4.78, 5) is 23.1. The van der Waals surface area contributed by atoms with Gasteiger partial charge in [0.1, 0.15) is 11.6 Å².